The predicted octanol–water partition coefficient (Wildman–Crippen LogP) is 3.21. The van der Waals surface area contributed by atoms with Gasteiger partial charge in [0, 0.05) is 0 Å². The summed E-state index contributed by atoms with van der Waals surface area (Å²) < 4.78 is 5.08. The van der Waals surface area contributed by atoms with Crippen molar-refractivity contribution in [1.29, 1.82) is 0 Å². The van der Waals surface area contributed by atoms with Gasteiger partial charge in [-0.25, -0.2) is 4.79 Å². The maximum Gasteiger partial charge on any atom is 0.336 e. The zero-order chi connectivity index (χ0) is 11.7. The van der Waals surface area contributed by atoms with E-state index in [1.807, 2.05) is 0 Å². The highest BCUT2D eigenvalue weighted by Crippen LogP contribution is 2.13. The van der Waals surface area contributed by atoms with E-state index in [9.17, 15) is 4.79 Å². The SMILES string of the molecule is CCCCC(CC)COC(=O)/C(C)=C/O. The number of esters is 1. The Morgan fingerprint density at radius 2 is 2.13 bits per heavy atom. The van der Waals surface area contributed by atoms with Crippen molar-refractivity contribution in [1.82, 2.24) is 0 Å². The molecule has 0 heterocycles. The normalized spacial score (nSPS) is 13.7. The van der Waals surface area contributed by atoms with E-state index in [0.29, 0.717) is 12.5 Å². The van der Waals surface area contributed by atoms with Crippen LogP contribution in [0.1, 0.15) is 46.5 Å². The van der Waals surface area contributed by atoms with Gasteiger partial charge in [0.15, 0.2) is 0 Å². The zero-order valence-electron chi connectivity index (χ0n) is 9.95. The molecule has 1 atom stereocenters. The standard InChI is InChI=1S/C12H22O3/c1-4-6-7-11(5-2)9-15-12(14)10(3)8-13/h8,11,13H,4-7,9H2,1-3H3/b10-8+. The fourth-order valence-electron chi connectivity index (χ4n) is 1.26. The molecule has 0 saturated heterocycles. The first kappa shape index (κ1) is 14.0. The maximum atomic E-state index is 11.2. The van der Waals surface area contributed by atoms with Crippen molar-refractivity contribution in [3.05, 3.63) is 11.8 Å². The summed E-state index contributed by atoms with van der Waals surface area (Å²) in [4.78, 5) is 11.2. The molecule has 15 heavy (non-hydrogen) atoms. The largest absolute Gasteiger partial charge is 0.515 e. The van der Waals surface area contributed by atoms with E-state index in [2.05, 4.69) is 13.8 Å². The third-order valence-corrected chi connectivity index (χ3v) is 2.51. The average molecular weight is 214 g/mol. The number of unbranched alkanes of at least 4 members (excludes halogenated alkanes) is 1. The van der Waals surface area contributed by atoms with Gasteiger partial charge in [-0.1, -0.05) is 33.1 Å². The Hall–Kier alpha value is -0.990. The van der Waals surface area contributed by atoms with E-state index < -0.39 is 5.97 Å². The van der Waals surface area contributed by atoms with Crippen LogP contribution >= 0.6 is 0 Å². The highest BCUT2D eigenvalue weighted by Gasteiger charge is 2.11. The summed E-state index contributed by atoms with van der Waals surface area (Å²) >= 11 is 0. The first-order valence-electron chi connectivity index (χ1n) is 5.63. The van der Waals surface area contributed by atoms with E-state index in [0.717, 1.165) is 19.1 Å². The van der Waals surface area contributed by atoms with Gasteiger partial charge in [-0.15, -0.1) is 0 Å². The molecule has 0 aliphatic rings. The van der Waals surface area contributed by atoms with E-state index in [-0.39, 0.29) is 5.57 Å². The van der Waals surface area contributed by atoms with Crippen molar-refractivity contribution in [3.8, 4) is 0 Å². The van der Waals surface area contributed by atoms with Crippen LogP contribution in [0.15, 0.2) is 11.8 Å². The molecule has 1 N–H and O–H groups in total. The third kappa shape index (κ3) is 6.15. The van der Waals surface area contributed by atoms with Gasteiger partial charge in [0.2, 0.25) is 0 Å². The Kier molecular flexibility index (Phi) is 7.78. The summed E-state index contributed by atoms with van der Waals surface area (Å²) in [5.41, 5.74) is 0.250. The predicted molar refractivity (Wildman–Crippen MR) is 60.7 cm³/mol. The van der Waals surface area contributed by atoms with Crippen LogP contribution in [0.4, 0.5) is 0 Å². The molecule has 0 amide bonds. The van der Waals surface area contributed by atoms with Crippen molar-refractivity contribution in [2.45, 2.75) is 46.5 Å². The molecule has 0 aliphatic carbocycles. The van der Waals surface area contributed by atoms with Gasteiger partial charge in [0.25, 0.3) is 0 Å². The third-order valence-electron chi connectivity index (χ3n) is 2.51. The number of hydrogen-bond donors (Lipinski definition) is 1. The molecule has 0 spiro atoms. The van der Waals surface area contributed by atoms with Gasteiger partial charge in [-0.3, -0.25) is 0 Å². The molecule has 0 aromatic rings. The molecule has 88 valence electrons. The topological polar surface area (TPSA) is 46.5 Å². The first-order valence-corrected chi connectivity index (χ1v) is 5.63. The van der Waals surface area contributed by atoms with Crippen LogP contribution in [0.3, 0.4) is 0 Å². The van der Waals surface area contributed by atoms with Crippen LogP contribution in [0, 0.1) is 5.92 Å². The second-order valence-corrected chi connectivity index (χ2v) is 3.83. The maximum absolute atomic E-state index is 11.2. The van der Waals surface area contributed by atoms with Crippen molar-refractivity contribution < 1.29 is 14.6 Å². The van der Waals surface area contributed by atoms with Gasteiger partial charge in [0.05, 0.1) is 18.4 Å². The molecule has 3 nitrogen and oxygen atoms in total. The number of carbonyl (C=O) groups is 1. The molecule has 1 unspecified atom stereocenters. The highest BCUT2D eigenvalue weighted by atomic mass is 16.5. The van der Waals surface area contributed by atoms with Gasteiger partial charge >= 0.3 is 5.97 Å². The lowest BCUT2D eigenvalue weighted by Gasteiger charge is -2.14. The van der Waals surface area contributed by atoms with E-state index in [1.165, 1.54) is 19.8 Å². The monoisotopic (exact) mass is 214 g/mol. The van der Waals surface area contributed by atoms with Crippen LogP contribution < -0.4 is 0 Å². The second kappa shape index (κ2) is 8.33. The second-order valence-electron chi connectivity index (χ2n) is 3.83. The smallest absolute Gasteiger partial charge is 0.336 e. The van der Waals surface area contributed by atoms with Gasteiger partial charge in [-0.2, -0.15) is 0 Å². The summed E-state index contributed by atoms with van der Waals surface area (Å²) in [7, 11) is 0. The fourth-order valence-corrected chi connectivity index (χ4v) is 1.26. The van der Waals surface area contributed by atoms with Crippen LogP contribution in [-0.4, -0.2) is 17.7 Å². The molecule has 0 aromatic heterocycles. The molecule has 0 bridgehead atoms. The number of aliphatic hydroxyl groups excluding tert-OH is 1. The molecule has 0 fully saturated rings. The Morgan fingerprint density at radius 3 is 2.60 bits per heavy atom. The summed E-state index contributed by atoms with van der Waals surface area (Å²) in [5.74, 6) is 0.0211. The minimum absolute atomic E-state index is 0.250. The van der Waals surface area contributed by atoms with Crippen molar-refractivity contribution >= 4 is 5.97 Å². The average Bonchev–Trinajstić information content (AvgIpc) is 2.27. The molecule has 0 saturated carbocycles. The Balaban J connectivity index is 3.84. The van der Waals surface area contributed by atoms with Crippen LogP contribution in [0.25, 0.3) is 0 Å². The zero-order valence-corrected chi connectivity index (χ0v) is 9.95. The van der Waals surface area contributed by atoms with Gasteiger partial charge < -0.3 is 9.84 Å². The number of hydrogen-bond acceptors (Lipinski definition) is 3. The van der Waals surface area contributed by atoms with Gasteiger partial charge in [0.1, 0.15) is 0 Å². The lowest BCUT2D eigenvalue weighted by molar-refractivity contribution is -0.140. The minimum Gasteiger partial charge on any atom is -0.515 e. The fraction of sp³-hybridized carbons (Fsp3) is 0.750. The lowest BCUT2D eigenvalue weighted by atomic mass is 10.0. The van der Waals surface area contributed by atoms with E-state index in [4.69, 9.17) is 9.84 Å². The Bertz CT molecular complexity index is 209. The van der Waals surface area contributed by atoms with Gasteiger partial charge in [-0.05, 0) is 19.3 Å². The summed E-state index contributed by atoms with van der Waals surface area (Å²) in [6.45, 7) is 6.25. The number of carbonyl (C=O) groups excluding carboxylic acids is 1. The molecular formula is C12H22O3. The van der Waals surface area contributed by atoms with Crippen molar-refractivity contribution in [3.63, 3.8) is 0 Å². The summed E-state index contributed by atoms with van der Waals surface area (Å²) in [6, 6.07) is 0. The molecule has 0 aliphatic heterocycles. The van der Waals surface area contributed by atoms with Crippen molar-refractivity contribution in [2.75, 3.05) is 6.61 Å². The molecule has 0 aromatic carbocycles. The Labute approximate surface area is 92.1 Å². The molecule has 0 rings (SSSR count). The Morgan fingerprint density at radius 1 is 1.47 bits per heavy atom. The minimum atomic E-state index is -0.424. The summed E-state index contributed by atoms with van der Waals surface area (Å²) in [6.07, 6.45) is 5.25. The highest BCUT2D eigenvalue weighted by molar-refractivity contribution is 5.87. The summed E-state index contributed by atoms with van der Waals surface area (Å²) in [5, 5.41) is 8.61. The van der Waals surface area contributed by atoms with Crippen LogP contribution in [0.5, 0.6) is 0 Å². The lowest BCUT2D eigenvalue weighted by Crippen LogP contribution is -2.14. The van der Waals surface area contributed by atoms with Crippen LogP contribution in [0.2, 0.25) is 0 Å². The van der Waals surface area contributed by atoms with E-state index >= 15 is 0 Å². The molecule has 3 heteroatoms. The number of ether oxygens (including phenoxy) is 1. The van der Waals surface area contributed by atoms with Crippen LogP contribution in [-0.2, 0) is 9.53 Å². The molecular weight excluding hydrogens is 192 g/mol. The van der Waals surface area contributed by atoms with E-state index in [1.54, 1.807) is 0 Å². The first-order chi connectivity index (χ1) is 7.15. The quantitative estimate of drug-likeness (QED) is 0.402. The number of rotatable bonds is 7. The van der Waals surface area contributed by atoms with Crippen molar-refractivity contribution in [2.24, 2.45) is 5.92 Å². The number of aliphatic hydroxyl groups is 1. The molecule has 0 radical (unpaired) electrons.